The fourth-order valence-corrected chi connectivity index (χ4v) is 24.2. The molecule has 3 rings (SSSR count). The quantitative estimate of drug-likeness (QED) is 0.308. The van der Waals surface area contributed by atoms with Crippen LogP contribution >= 0.6 is 0 Å². The summed E-state index contributed by atoms with van der Waals surface area (Å²) in [5.74, 6) is 5.64. The Bertz CT molecular complexity index is 628. The molecular formula is C30H51Sn. The van der Waals surface area contributed by atoms with E-state index < -0.39 is 19.8 Å². The Morgan fingerprint density at radius 2 is 1.23 bits per heavy atom. The first-order valence-electron chi connectivity index (χ1n) is 13.5. The van der Waals surface area contributed by atoms with Crippen LogP contribution < -0.4 is 0 Å². The first kappa shape index (κ1) is 25.6. The zero-order valence-electron chi connectivity index (χ0n) is 22.0. The maximum atomic E-state index is 2.58. The molecule has 0 bridgehead atoms. The molecular weight excluding hydrogens is 479 g/mol. The Labute approximate surface area is 202 Å². The molecule has 1 heteroatoms. The van der Waals surface area contributed by atoms with E-state index in [1.165, 1.54) is 25.7 Å². The monoisotopic (exact) mass is 531 g/mol. The fraction of sp³-hybridized carbons (Fsp3) is 0.800. The summed E-state index contributed by atoms with van der Waals surface area (Å²) in [6.07, 6.45) is 9.08. The number of hydrogen-bond donors (Lipinski definition) is 0. The summed E-state index contributed by atoms with van der Waals surface area (Å²) in [6.45, 7) is 20.5. The van der Waals surface area contributed by atoms with Crippen molar-refractivity contribution in [2.24, 2.45) is 35.5 Å². The molecule has 2 fully saturated rings. The van der Waals surface area contributed by atoms with Gasteiger partial charge in [-0.15, -0.1) is 0 Å². The van der Waals surface area contributed by atoms with Gasteiger partial charge in [0.05, 0.1) is 0 Å². The van der Waals surface area contributed by atoms with Crippen LogP contribution in [0.25, 0.3) is 0 Å². The molecule has 0 aliphatic heterocycles. The molecule has 1 radical (unpaired) electrons. The van der Waals surface area contributed by atoms with E-state index in [1.54, 1.807) is 22.8 Å². The number of benzene rings is 1. The molecule has 0 heterocycles. The molecule has 0 amide bonds. The van der Waals surface area contributed by atoms with Gasteiger partial charge in [-0.1, -0.05) is 0 Å². The molecule has 0 saturated heterocycles. The SMILES string of the molecule is CC(C)[C@@H]1CC[C@@H](C)C[C@H]1[Sn]([CH2]C(C)(C)c1ccccc1)[C@@H]1C[C@H](C)CC[C@H]1C(C)C. The summed E-state index contributed by atoms with van der Waals surface area (Å²) in [4.78, 5) is 0. The Kier molecular flexibility index (Phi) is 9.07. The summed E-state index contributed by atoms with van der Waals surface area (Å²) >= 11 is -1.77. The second kappa shape index (κ2) is 11.0. The fourth-order valence-electron chi connectivity index (χ4n) is 7.30. The van der Waals surface area contributed by atoms with Crippen molar-refractivity contribution in [1.82, 2.24) is 0 Å². The van der Waals surface area contributed by atoms with E-state index >= 15 is 0 Å². The van der Waals surface area contributed by atoms with Crippen molar-refractivity contribution in [3.63, 3.8) is 0 Å². The van der Waals surface area contributed by atoms with Gasteiger partial charge in [0.25, 0.3) is 0 Å². The molecule has 0 aromatic heterocycles. The average molecular weight is 530 g/mol. The molecule has 2 saturated carbocycles. The van der Waals surface area contributed by atoms with Crippen LogP contribution in [-0.2, 0) is 5.41 Å². The van der Waals surface area contributed by atoms with Crippen LogP contribution in [0.2, 0.25) is 12.3 Å². The van der Waals surface area contributed by atoms with E-state index in [4.69, 9.17) is 0 Å². The summed E-state index contributed by atoms with van der Waals surface area (Å²) in [6, 6.07) is 11.5. The van der Waals surface area contributed by atoms with Gasteiger partial charge < -0.3 is 0 Å². The minimum atomic E-state index is -1.77. The predicted molar refractivity (Wildman–Crippen MR) is 140 cm³/mol. The summed E-state index contributed by atoms with van der Waals surface area (Å²) < 4.78 is 3.76. The van der Waals surface area contributed by atoms with Gasteiger partial charge in [-0.05, 0) is 0 Å². The van der Waals surface area contributed by atoms with E-state index in [1.807, 2.05) is 0 Å². The Morgan fingerprint density at radius 1 is 0.774 bits per heavy atom. The van der Waals surface area contributed by atoms with E-state index in [9.17, 15) is 0 Å². The molecule has 175 valence electrons. The van der Waals surface area contributed by atoms with Crippen molar-refractivity contribution in [3.8, 4) is 0 Å². The number of rotatable bonds is 7. The van der Waals surface area contributed by atoms with E-state index in [0.717, 1.165) is 43.4 Å². The van der Waals surface area contributed by atoms with Crippen molar-refractivity contribution >= 4 is 19.8 Å². The number of hydrogen-bond acceptors (Lipinski definition) is 0. The van der Waals surface area contributed by atoms with Crippen LogP contribution in [0, 0.1) is 35.5 Å². The van der Waals surface area contributed by atoms with E-state index in [2.05, 4.69) is 85.7 Å². The molecule has 0 N–H and O–H groups in total. The first-order valence-corrected chi connectivity index (χ1v) is 18.8. The second-order valence-electron chi connectivity index (χ2n) is 12.9. The average Bonchev–Trinajstić information content (AvgIpc) is 2.72. The van der Waals surface area contributed by atoms with Crippen LogP contribution in [0.3, 0.4) is 0 Å². The molecule has 0 spiro atoms. The van der Waals surface area contributed by atoms with Gasteiger partial charge in [0.1, 0.15) is 0 Å². The van der Waals surface area contributed by atoms with Crippen molar-refractivity contribution in [3.05, 3.63) is 35.9 Å². The van der Waals surface area contributed by atoms with Gasteiger partial charge in [-0.3, -0.25) is 0 Å². The molecule has 1 aromatic carbocycles. The minimum absolute atomic E-state index is 0.334. The van der Waals surface area contributed by atoms with Crippen molar-refractivity contribution in [2.45, 2.75) is 112 Å². The van der Waals surface area contributed by atoms with Crippen LogP contribution in [0.4, 0.5) is 0 Å². The zero-order chi connectivity index (χ0) is 22.8. The summed E-state index contributed by atoms with van der Waals surface area (Å²) in [5, 5.41) is 0. The van der Waals surface area contributed by atoms with Gasteiger partial charge in [0.15, 0.2) is 0 Å². The van der Waals surface area contributed by atoms with E-state index in [-0.39, 0.29) is 0 Å². The third kappa shape index (κ3) is 6.33. The zero-order valence-corrected chi connectivity index (χ0v) is 24.8. The Morgan fingerprint density at radius 3 is 1.65 bits per heavy atom. The molecule has 31 heavy (non-hydrogen) atoms. The van der Waals surface area contributed by atoms with Crippen LogP contribution in [0.1, 0.15) is 99.5 Å². The normalized spacial score (nSPS) is 32.7. The molecule has 6 atom stereocenters. The Balaban J connectivity index is 2.00. The maximum absolute atomic E-state index is 2.58. The van der Waals surface area contributed by atoms with Gasteiger partial charge in [-0.2, -0.15) is 0 Å². The molecule has 1 aromatic rings. The van der Waals surface area contributed by atoms with Gasteiger partial charge in [0.2, 0.25) is 0 Å². The van der Waals surface area contributed by atoms with Gasteiger partial charge >= 0.3 is 203 Å². The van der Waals surface area contributed by atoms with Gasteiger partial charge in [0, 0.05) is 0 Å². The van der Waals surface area contributed by atoms with Crippen molar-refractivity contribution < 1.29 is 0 Å². The van der Waals surface area contributed by atoms with Crippen LogP contribution in [-0.4, -0.2) is 19.8 Å². The van der Waals surface area contributed by atoms with E-state index in [0.29, 0.717) is 5.41 Å². The summed E-state index contributed by atoms with van der Waals surface area (Å²) in [5.41, 5.74) is 1.92. The third-order valence-electron chi connectivity index (χ3n) is 9.20. The summed E-state index contributed by atoms with van der Waals surface area (Å²) in [7, 11) is 0. The van der Waals surface area contributed by atoms with Crippen molar-refractivity contribution in [1.29, 1.82) is 0 Å². The molecule has 2 aliphatic rings. The van der Waals surface area contributed by atoms with Crippen LogP contribution in [0.15, 0.2) is 30.3 Å². The predicted octanol–water partition coefficient (Wildman–Crippen LogP) is 9.38. The van der Waals surface area contributed by atoms with Crippen LogP contribution in [0.5, 0.6) is 0 Å². The molecule has 2 aliphatic carbocycles. The standard InChI is InChI=1S/2C10H19.C10H13.Sn/c2*1-8(2)10-6-4-9(3)5-7-10;1-10(2,3)9-7-5-4-6-8-9;/h2*6,8-10H,4-5,7H2,1-3H3;4-8H,1H2,2-3H3;/t2*9-,10-;;/m00../s1. The van der Waals surface area contributed by atoms with Gasteiger partial charge in [-0.25, -0.2) is 0 Å². The third-order valence-corrected chi connectivity index (χ3v) is 22.1. The molecule has 0 unspecified atom stereocenters. The Hall–Kier alpha value is 0.0187. The van der Waals surface area contributed by atoms with Crippen molar-refractivity contribution in [2.75, 3.05) is 0 Å². The second-order valence-corrected chi connectivity index (χ2v) is 21.4. The first-order chi connectivity index (χ1) is 14.6. The topological polar surface area (TPSA) is 0 Å². The molecule has 0 nitrogen and oxygen atoms in total.